The predicted molar refractivity (Wildman–Crippen MR) is 133 cm³/mol. The van der Waals surface area contributed by atoms with E-state index in [1.54, 1.807) is 30.5 Å². The van der Waals surface area contributed by atoms with Crippen LogP contribution in [0, 0.1) is 5.92 Å². The van der Waals surface area contributed by atoms with Crippen LogP contribution in [0.2, 0.25) is 0 Å². The molecule has 4 rings (SSSR count). The molecule has 1 N–H and O–H groups in total. The van der Waals surface area contributed by atoms with Gasteiger partial charge in [0.2, 0.25) is 5.91 Å². The number of benzene rings is 2. The fourth-order valence-electron chi connectivity index (χ4n) is 3.33. The molecule has 1 amide bonds. The molecule has 0 saturated carbocycles. The molecule has 0 spiro atoms. The van der Waals surface area contributed by atoms with E-state index in [0.717, 1.165) is 11.3 Å². The number of aromatic nitrogens is 3. The number of hydrogen-bond acceptors (Lipinski definition) is 6. The van der Waals surface area contributed by atoms with Crippen LogP contribution in [-0.4, -0.2) is 31.7 Å². The van der Waals surface area contributed by atoms with Crippen molar-refractivity contribution in [1.82, 2.24) is 14.8 Å². The van der Waals surface area contributed by atoms with Crippen molar-refractivity contribution >= 4 is 29.1 Å². The summed E-state index contributed by atoms with van der Waals surface area (Å²) in [5.41, 5.74) is 2.18. The van der Waals surface area contributed by atoms with Crippen LogP contribution < -0.4 is 5.32 Å². The lowest BCUT2D eigenvalue weighted by Crippen LogP contribution is -2.18. The minimum absolute atomic E-state index is 0.0273. The number of furan rings is 1. The molecule has 8 heteroatoms. The van der Waals surface area contributed by atoms with E-state index in [9.17, 15) is 9.59 Å². The van der Waals surface area contributed by atoms with Gasteiger partial charge in [0.25, 0.3) is 0 Å². The molecule has 0 aliphatic carbocycles. The van der Waals surface area contributed by atoms with Gasteiger partial charge in [0.15, 0.2) is 16.8 Å². The maximum absolute atomic E-state index is 13.1. The van der Waals surface area contributed by atoms with Crippen molar-refractivity contribution in [2.75, 3.05) is 5.32 Å². The zero-order valence-corrected chi connectivity index (χ0v) is 20.1. The van der Waals surface area contributed by atoms with E-state index in [0.29, 0.717) is 28.8 Å². The lowest BCUT2D eigenvalue weighted by molar-refractivity contribution is -0.118. The monoisotopic (exact) mass is 474 g/mol. The molecular weight excluding hydrogens is 448 g/mol. The van der Waals surface area contributed by atoms with Crippen molar-refractivity contribution in [3.05, 3.63) is 84.3 Å². The minimum atomic E-state index is -0.390. The van der Waals surface area contributed by atoms with Gasteiger partial charge < -0.3 is 9.73 Å². The Morgan fingerprint density at radius 1 is 0.971 bits per heavy atom. The Balaban J connectivity index is 1.53. The molecule has 7 nitrogen and oxygen atoms in total. The molecule has 0 saturated heterocycles. The van der Waals surface area contributed by atoms with Gasteiger partial charge in [-0.2, -0.15) is 0 Å². The Morgan fingerprint density at radius 3 is 2.35 bits per heavy atom. The molecule has 34 heavy (non-hydrogen) atoms. The van der Waals surface area contributed by atoms with E-state index in [1.165, 1.54) is 11.8 Å². The van der Waals surface area contributed by atoms with E-state index < -0.39 is 0 Å². The van der Waals surface area contributed by atoms with Crippen LogP contribution >= 0.6 is 11.8 Å². The maximum Gasteiger partial charge on any atom is 0.226 e. The van der Waals surface area contributed by atoms with Crippen LogP contribution in [0.25, 0.3) is 11.4 Å². The summed E-state index contributed by atoms with van der Waals surface area (Å²) in [4.78, 5) is 25.0. The third-order valence-corrected chi connectivity index (χ3v) is 6.34. The second-order valence-electron chi connectivity index (χ2n) is 8.18. The number of nitrogens with one attached hydrogen (secondary N) is 1. The molecule has 1 atom stereocenters. The van der Waals surface area contributed by atoms with Crippen LogP contribution in [0.4, 0.5) is 5.69 Å². The molecule has 0 bridgehead atoms. The highest BCUT2D eigenvalue weighted by molar-refractivity contribution is 8.00. The van der Waals surface area contributed by atoms with Crippen molar-refractivity contribution in [3.63, 3.8) is 0 Å². The molecule has 4 aromatic rings. The van der Waals surface area contributed by atoms with Crippen LogP contribution in [-0.2, 0) is 11.3 Å². The largest absolute Gasteiger partial charge is 0.467 e. The zero-order chi connectivity index (χ0) is 24.1. The summed E-state index contributed by atoms with van der Waals surface area (Å²) in [6, 6.07) is 20.5. The number of thioether (sulfide) groups is 1. The van der Waals surface area contributed by atoms with Gasteiger partial charge in [-0.1, -0.05) is 55.9 Å². The number of carbonyl (C=O) groups excluding carboxylic acids is 2. The van der Waals surface area contributed by atoms with E-state index in [4.69, 9.17) is 4.42 Å². The smallest absolute Gasteiger partial charge is 0.226 e. The molecule has 0 unspecified atom stereocenters. The van der Waals surface area contributed by atoms with Gasteiger partial charge in [-0.3, -0.25) is 14.2 Å². The Labute approximate surface area is 202 Å². The van der Waals surface area contributed by atoms with Crippen LogP contribution in [0.1, 0.15) is 36.9 Å². The summed E-state index contributed by atoms with van der Waals surface area (Å²) >= 11 is 1.36. The topological polar surface area (TPSA) is 90.0 Å². The maximum atomic E-state index is 13.1. The van der Waals surface area contributed by atoms with Crippen LogP contribution in [0.5, 0.6) is 0 Å². The average molecular weight is 475 g/mol. The van der Waals surface area contributed by atoms with E-state index in [2.05, 4.69) is 15.5 Å². The molecule has 0 aliphatic heterocycles. The lowest BCUT2D eigenvalue weighted by atomic mass is 10.1. The minimum Gasteiger partial charge on any atom is -0.467 e. The first-order valence-electron chi connectivity index (χ1n) is 11.0. The first kappa shape index (κ1) is 23.5. The summed E-state index contributed by atoms with van der Waals surface area (Å²) in [6.07, 6.45) is 1.63. The number of rotatable bonds is 9. The molecule has 2 aromatic heterocycles. The van der Waals surface area contributed by atoms with Gasteiger partial charge >= 0.3 is 0 Å². The van der Waals surface area contributed by atoms with Gasteiger partial charge in [0.05, 0.1) is 18.1 Å². The third-order valence-electron chi connectivity index (χ3n) is 5.26. The second-order valence-corrected chi connectivity index (χ2v) is 9.49. The van der Waals surface area contributed by atoms with Crippen molar-refractivity contribution < 1.29 is 14.0 Å². The van der Waals surface area contributed by atoms with Gasteiger partial charge in [0.1, 0.15) is 5.76 Å². The lowest BCUT2D eigenvalue weighted by Gasteiger charge is -2.13. The molecule has 174 valence electrons. The fraction of sp³-hybridized carbons (Fsp3) is 0.231. The highest BCUT2D eigenvalue weighted by Crippen LogP contribution is 2.29. The number of hydrogen-bond donors (Lipinski definition) is 1. The molecular formula is C26H26N4O3S. The number of carbonyl (C=O) groups is 2. The normalized spacial score (nSPS) is 12.0. The SMILES string of the molecule is CC(C)C(=O)Nc1ccc(C(=O)[C@@H](C)Sc2nnc(-c3ccccc3)n2Cc2ccco2)cc1. The van der Waals surface area contributed by atoms with E-state index >= 15 is 0 Å². The summed E-state index contributed by atoms with van der Waals surface area (Å²) in [5.74, 6) is 1.28. The van der Waals surface area contributed by atoms with E-state index in [1.807, 2.05) is 67.8 Å². The number of anilines is 1. The Morgan fingerprint density at radius 2 is 1.71 bits per heavy atom. The summed E-state index contributed by atoms with van der Waals surface area (Å²) < 4.78 is 7.51. The molecule has 2 aromatic carbocycles. The first-order valence-corrected chi connectivity index (χ1v) is 11.9. The summed E-state index contributed by atoms with van der Waals surface area (Å²) in [7, 11) is 0. The van der Waals surface area contributed by atoms with E-state index in [-0.39, 0.29) is 22.9 Å². The van der Waals surface area contributed by atoms with Crippen LogP contribution in [0.3, 0.4) is 0 Å². The van der Waals surface area contributed by atoms with Crippen molar-refractivity contribution in [2.45, 2.75) is 37.7 Å². The molecule has 2 heterocycles. The number of nitrogens with zero attached hydrogens (tertiary/aromatic N) is 3. The first-order chi connectivity index (χ1) is 16.4. The quantitative estimate of drug-likeness (QED) is 0.253. The Bertz CT molecular complexity index is 1250. The van der Waals surface area contributed by atoms with Gasteiger partial charge in [-0.25, -0.2) is 0 Å². The summed E-state index contributed by atoms with van der Waals surface area (Å²) in [6.45, 7) is 5.98. The zero-order valence-electron chi connectivity index (χ0n) is 19.3. The van der Waals surface area contributed by atoms with Gasteiger partial charge in [-0.05, 0) is 43.3 Å². The molecule has 0 aliphatic rings. The molecule has 0 fully saturated rings. The highest BCUT2D eigenvalue weighted by Gasteiger charge is 2.22. The number of ketones is 1. The van der Waals surface area contributed by atoms with Gasteiger partial charge in [0, 0.05) is 22.7 Å². The number of Topliss-reactive ketones (excluding diaryl/α,β-unsaturated/α-hetero) is 1. The van der Waals surface area contributed by atoms with Crippen LogP contribution in [0.15, 0.2) is 82.6 Å². The third kappa shape index (κ3) is 5.46. The fourth-order valence-corrected chi connectivity index (χ4v) is 4.25. The Kier molecular flexibility index (Phi) is 7.27. The van der Waals surface area contributed by atoms with Gasteiger partial charge in [-0.15, -0.1) is 10.2 Å². The number of amides is 1. The predicted octanol–water partition coefficient (Wildman–Crippen LogP) is 5.54. The average Bonchev–Trinajstić information content (AvgIpc) is 3.50. The summed E-state index contributed by atoms with van der Waals surface area (Å²) in [5, 5.41) is 11.9. The standard InChI is InChI=1S/C26H26N4O3S/c1-17(2)25(32)27-21-13-11-19(12-14-21)23(31)18(3)34-26-29-28-24(20-8-5-4-6-9-20)30(26)16-22-10-7-15-33-22/h4-15,17-18H,16H2,1-3H3,(H,27,32)/t18-/m1/s1. The molecule has 0 radical (unpaired) electrons. The van der Waals surface area contributed by atoms with Crippen molar-refractivity contribution in [2.24, 2.45) is 5.92 Å². The highest BCUT2D eigenvalue weighted by atomic mass is 32.2. The second kappa shape index (κ2) is 10.5. The van der Waals surface area contributed by atoms with Crippen molar-refractivity contribution in [3.8, 4) is 11.4 Å². The van der Waals surface area contributed by atoms with Crippen molar-refractivity contribution in [1.29, 1.82) is 0 Å². The Hall–Kier alpha value is -3.65.